The Kier molecular flexibility index (Phi) is 5.85. The van der Waals surface area contributed by atoms with E-state index in [-0.39, 0.29) is 11.8 Å². The Hall–Kier alpha value is -1.36. The van der Waals surface area contributed by atoms with Crippen molar-refractivity contribution in [3.05, 3.63) is 11.6 Å². The van der Waals surface area contributed by atoms with E-state index in [0.29, 0.717) is 13.2 Å². The van der Waals surface area contributed by atoms with Gasteiger partial charge in [0.25, 0.3) is 0 Å². The molecule has 0 saturated carbocycles. The van der Waals surface area contributed by atoms with Crippen LogP contribution in [0, 0.1) is 5.92 Å². The first kappa shape index (κ1) is 14.7. The van der Waals surface area contributed by atoms with Crippen molar-refractivity contribution in [2.45, 2.75) is 32.7 Å². The summed E-state index contributed by atoms with van der Waals surface area (Å²) in [4.78, 5) is 23.3. The molecule has 0 aliphatic carbocycles. The van der Waals surface area contributed by atoms with Crippen molar-refractivity contribution in [3.8, 4) is 0 Å². The quantitative estimate of drug-likeness (QED) is 0.569. The Morgan fingerprint density at radius 2 is 2.17 bits per heavy atom. The summed E-state index contributed by atoms with van der Waals surface area (Å²) < 4.78 is 9.73. The molecule has 1 amide bonds. The molecule has 5 heteroatoms. The Balaban J connectivity index is 2.57. The highest BCUT2D eigenvalue weighted by Crippen LogP contribution is 2.16. The number of methoxy groups -OCH3 is 1. The van der Waals surface area contributed by atoms with E-state index in [1.807, 2.05) is 6.92 Å². The molecule has 1 saturated heterocycles. The highest BCUT2D eigenvalue weighted by Gasteiger charge is 2.35. The summed E-state index contributed by atoms with van der Waals surface area (Å²) in [7, 11) is 1.32. The van der Waals surface area contributed by atoms with E-state index in [9.17, 15) is 9.59 Å². The van der Waals surface area contributed by atoms with Gasteiger partial charge >= 0.3 is 5.97 Å². The molecule has 0 radical (unpaired) electrons. The van der Waals surface area contributed by atoms with Crippen molar-refractivity contribution >= 4 is 11.9 Å². The van der Waals surface area contributed by atoms with E-state index in [4.69, 9.17) is 9.47 Å². The Morgan fingerprint density at radius 1 is 1.50 bits per heavy atom. The zero-order valence-electron chi connectivity index (χ0n) is 11.2. The van der Waals surface area contributed by atoms with Crippen LogP contribution in [0.2, 0.25) is 0 Å². The smallest absolute Gasteiger partial charge is 0.328 e. The molecule has 1 N–H and O–H groups in total. The number of rotatable bonds is 6. The summed E-state index contributed by atoms with van der Waals surface area (Å²) in [5, 5.41) is 2.69. The number of esters is 1. The second-order valence-corrected chi connectivity index (χ2v) is 4.55. The van der Waals surface area contributed by atoms with Gasteiger partial charge in [-0.05, 0) is 13.3 Å². The first-order valence-electron chi connectivity index (χ1n) is 6.21. The largest absolute Gasteiger partial charge is 0.467 e. The van der Waals surface area contributed by atoms with Gasteiger partial charge in [0, 0.05) is 12.0 Å². The minimum absolute atomic E-state index is 0.0151. The molecule has 0 aromatic rings. The molecule has 102 valence electrons. The topological polar surface area (TPSA) is 64.6 Å². The predicted molar refractivity (Wildman–Crippen MR) is 66.9 cm³/mol. The standard InChI is InChI=1S/C13H21NO4/c1-4-5-9(2)6-11(15)14-12(13(16)17-3)10-7-18-8-10/h6,10,12H,4-5,7-8H2,1-3H3,(H,14,15)/b9-6+. The van der Waals surface area contributed by atoms with Crippen LogP contribution < -0.4 is 5.32 Å². The molecule has 0 spiro atoms. The van der Waals surface area contributed by atoms with E-state index < -0.39 is 12.0 Å². The van der Waals surface area contributed by atoms with Gasteiger partial charge in [0.15, 0.2) is 0 Å². The summed E-state index contributed by atoms with van der Waals surface area (Å²) in [5.41, 5.74) is 1.00. The molecule has 0 aromatic carbocycles. The zero-order valence-corrected chi connectivity index (χ0v) is 11.2. The number of hydrogen-bond acceptors (Lipinski definition) is 4. The minimum atomic E-state index is -0.609. The van der Waals surface area contributed by atoms with Crippen LogP contribution in [-0.2, 0) is 19.1 Å². The van der Waals surface area contributed by atoms with Gasteiger partial charge in [0.1, 0.15) is 6.04 Å². The maximum Gasteiger partial charge on any atom is 0.328 e. The number of allylic oxidation sites excluding steroid dienone is 1. The average Bonchev–Trinajstić information content (AvgIpc) is 2.24. The molecule has 1 aliphatic rings. The maximum atomic E-state index is 11.8. The summed E-state index contributed by atoms with van der Waals surface area (Å²) in [6.07, 6.45) is 3.41. The highest BCUT2D eigenvalue weighted by molar-refractivity contribution is 5.92. The van der Waals surface area contributed by atoms with Crippen LogP contribution in [0.5, 0.6) is 0 Å². The van der Waals surface area contributed by atoms with Crippen molar-refractivity contribution in [1.29, 1.82) is 0 Å². The van der Waals surface area contributed by atoms with Crippen molar-refractivity contribution in [2.75, 3.05) is 20.3 Å². The molecule has 1 atom stereocenters. The normalized spacial score (nSPS) is 17.8. The van der Waals surface area contributed by atoms with E-state index in [2.05, 4.69) is 12.2 Å². The van der Waals surface area contributed by atoms with Crippen molar-refractivity contribution < 1.29 is 19.1 Å². The van der Waals surface area contributed by atoms with E-state index >= 15 is 0 Å². The van der Waals surface area contributed by atoms with Crippen LogP contribution >= 0.6 is 0 Å². The van der Waals surface area contributed by atoms with Crippen molar-refractivity contribution in [3.63, 3.8) is 0 Å². The number of carbonyl (C=O) groups is 2. The number of amides is 1. The Labute approximate surface area is 108 Å². The van der Waals surface area contributed by atoms with Gasteiger partial charge < -0.3 is 14.8 Å². The first-order chi connectivity index (χ1) is 8.58. The van der Waals surface area contributed by atoms with E-state index in [1.165, 1.54) is 7.11 Å². The molecule has 18 heavy (non-hydrogen) atoms. The maximum absolute atomic E-state index is 11.8. The van der Waals surface area contributed by atoms with Gasteiger partial charge in [-0.2, -0.15) is 0 Å². The monoisotopic (exact) mass is 255 g/mol. The third kappa shape index (κ3) is 4.14. The van der Waals surface area contributed by atoms with Gasteiger partial charge in [-0.3, -0.25) is 4.79 Å². The molecule has 0 bridgehead atoms. The first-order valence-corrected chi connectivity index (χ1v) is 6.21. The predicted octanol–water partition coefficient (Wildman–Crippen LogP) is 1.04. The molecular formula is C13H21NO4. The van der Waals surface area contributed by atoms with Crippen molar-refractivity contribution in [2.24, 2.45) is 5.92 Å². The molecule has 1 heterocycles. The molecule has 1 fully saturated rings. The Morgan fingerprint density at radius 3 is 2.61 bits per heavy atom. The van der Waals surface area contributed by atoms with Gasteiger partial charge in [-0.25, -0.2) is 4.79 Å². The SMILES string of the molecule is CCC/C(C)=C/C(=O)NC(C(=O)OC)C1COC1. The van der Waals surface area contributed by atoms with Gasteiger partial charge in [0.05, 0.1) is 20.3 Å². The summed E-state index contributed by atoms with van der Waals surface area (Å²) in [6.45, 7) is 4.93. The highest BCUT2D eigenvalue weighted by atomic mass is 16.5. The van der Waals surface area contributed by atoms with Crippen LogP contribution in [0.15, 0.2) is 11.6 Å². The lowest BCUT2D eigenvalue weighted by molar-refractivity contribution is -0.152. The number of hydrogen-bond donors (Lipinski definition) is 1. The van der Waals surface area contributed by atoms with Gasteiger partial charge in [0.2, 0.25) is 5.91 Å². The molecule has 1 aliphatic heterocycles. The van der Waals surface area contributed by atoms with Crippen LogP contribution in [0.1, 0.15) is 26.7 Å². The van der Waals surface area contributed by atoms with Crippen LogP contribution in [-0.4, -0.2) is 38.2 Å². The lowest BCUT2D eigenvalue weighted by Gasteiger charge is -2.32. The third-order valence-electron chi connectivity index (χ3n) is 2.91. The average molecular weight is 255 g/mol. The minimum Gasteiger partial charge on any atom is -0.467 e. The number of ether oxygens (including phenoxy) is 2. The summed E-state index contributed by atoms with van der Waals surface area (Å²) >= 11 is 0. The molecule has 0 aromatic heterocycles. The fraction of sp³-hybridized carbons (Fsp3) is 0.692. The number of carbonyl (C=O) groups excluding carboxylic acids is 2. The van der Waals surface area contributed by atoms with Crippen molar-refractivity contribution in [1.82, 2.24) is 5.32 Å². The molecule has 5 nitrogen and oxygen atoms in total. The number of nitrogens with one attached hydrogen (secondary N) is 1. The second kappa shape index (κ2) is 7.16. The third-order valence-corrected chi connectivity index (χ3v) is 2.91. The van der Waals surface area contributed by atoms with E-state index in [0.717, 1.165) is 18.4 Å². The lowest BCUT2D eigenvalue weighted by atomic mass is 9.98. The lowest BCUT2D eigenvalue weighted by Crippen LogP contribution is -2.52. The van der Waals surface area contributed by atoms with Crippen LogP contribution in [0.25, 0.3) is 0 Å². The summed E-state index contributed by atoms with van der Waals surface area (Å²) in [6, 6.07) is -0.609. The zero-order chi connectivity index (χ0) is 13.5. The fourth-order valence-electron chi connectivity index (χ4n) is 1.83. The summed E-state index contributed by atoms with van der Waals surface area (Å²) in [5.74, 6) is -0.650. The second-order valence-electron chi connectivity index (χ2n) is 4.55. The van der Waals surface area contributed by atoms with Gasteiger partial charge in [-0.1, -0.05) is 18.9 Å². The molecule has 1 rings (SSSR count). The fourth-order valence-corrected chi connectivity index (χ4v) is 1.83. The Bertz CT molecular complexity index is 334. The molecular weight excluding hydrogens is 234 g/mol. The van der Waals surface area contributed by atoms with Crippen LogP contribution in [0.4, 0.5) is 0 Å². The van der Waals surface area contributed by atoms with Gasteiger partial charge in [-0.15, -0.1) is 0 Å². The molecule has 1 unspecified atom stereocenters. The van der Waals surface area contributed by atoms with Crippen LogP contribution in [0.3, 0.4) is 0 Å². The van der Waals surface area contributed by atoms with E-state index in [1.54, 1.807) is 6.08 Å².